The molecule has 0 bridgehead atoms. The van der Waals surface area contributed by atoms with Crippen molar-refractivity contribution in [3.05, 3.63) is 106 Å². The molecule has 0 aliphatic rings. The summed E-state index contributed by atoms with van der Waals surface area (Å²) in [6, 6.07) is 26.7. The van der Waals surface area contributed by atoms with Crippen molar-refractivity contribution in [2.45, 2.75) is 103 Å². The van der Waals surface area contributed by atoms with Crippen molar-refractivity contribution < 1.29 is 13.0 Å². The first-order chi connectivity index (χ1) is 18.6. The number of unbranched alkanes of at least 4 members (excludes halogenated alkanes) is 1. The Hall–Kier alpha value is -2.43. The second kappa shape index (κ2) is 15.4. The lowest BCUT2D eigenvalue weighted by molar-refractivity contribution is 0.457. The van der Waals surface area contributed by atoms with E-state index in [4.69, 9.17) is 4.55 Å². The number of aryl methyl sites for hydroxylation is 3. The first-order valence-electron chi connectivity index (χ1n) is 14.8. The molecule has 39 heavy (non-hydrogen) atoms. The van der Waals surface area contributed by atoms with Crippen LogP contribution in [-0.2, 0) is 10.1 Å². The minimum absolute atomic E-state index is 0.149. The van der Waals surface area contributed by atoms with Crippen LogP contribution in [-0.4, -0.2) is 18.7 Å². The molecule has 3 unspecified atom stereocenters. The molecule has 0 fully saturated rings. The molecule has 3 aromatic rings. The molecule has 0 radical (unpaired) electrons. The smallest absolute Gasteiger partial charge is 0.264 e. The summed E-state index contributed by atoms with van der Waals surface area (Å²) in [6.45, 7) is 8.83. The molecule has 4 heteroatoms. The van der Waals surface area contributed by atoms with Crippen LogP contribution < -0.4 is 0 Å². The highest BCUT2D eigenvalue weighted by Crippen LogP contribution is 2.34. The zero-order valence-corrected chi connectivity index (χ0v) is 25.2. The highest BCUT2D eigenvalue weighted by atomic mass is 32.2. The van der Waals surface area contributed by atoms with Gasteiger partial charge < -0.3 is 0 Å². The van der Waals surface area contributed by atoms with E-state index in [1.165, 1.54) is 52.6 Å². The largest absolute Gasteiger partial charge is 0.286 e. The molecule has 0 aliphatic carbocycles. The van der Waals surface area contributed by atoms with Crippen LogP contribution in [0.2, 0.25) is 0 Å². The third kappa shape index (κ3) is 11.3. The van der Waals surface area contributed by atoms with Gasteiger partial charge >= 0.3 is 0 Å². The van der Waals surface area contributed by atoms with Gasteiger partial charge in [-0.1, -0.05) is 116 Å². The summed E-state index contributed by atoms with van der Waals surface area (Å²) in [7, 11) is -3.89. The monoisotopic (exact) mass is 548 g/mol. The third-order valence-corrected chi connectivity index (χ3v) is 8.94. The molecule has 0 heterocycles. The Labute approximate surface area is 237 Å². The van der Waals surface area contributed by atoms with E-state index in [1.807, 2.05) is 0 Å². The van der Waals surface area contributed by atoms with Gasteiger partial charge in [0.1, 0.15) is 0 Å². The Kier molecular flexibility index (Phi) is 12.3. The van der Waals surface area contributed by atoms with Gasteiger partial charge in [0.05, 0.1) is 5.75 Å². The van der Waals surface area contributed by atoms with Crippen LogP contribution in [0, 0.1) is 20.8 Å². The Bertz CT molecular complexity index is 1260. The molecule has 0 amide bonds. The third-order valence-electron chi connectivity index (χ3n) is 8.14. The molecular formula is C35H48O3S. The Morgan fingerprint density at radius 1 is 0.590 bits per heavy atom. The molecule has 3 nitrogen and oxygen atoms in total. The summed E-state index contributed by atoms with van der Waals surface area (Å²) in [5.41, 5.74) is 8.16. The molecule has 212 valence electrons. The van der Waals surface area contributed by atoms with E-state index >= 15 is 0 Å². The van der Waals surface area contributed by atoms with Crippen LogP contribution in [0.15, 0.2) is 72.8 Å². The normalized spacial score (nSPS) is 14.2. The SMILES string of the molecule is Cc1cccc(C(C)CCCC(CCCC(CCCCS(=O)(=O)O)c2cccc(C)c2)c2cccc(C)c2)c1. The minimum atomic E-state index is -3.89. The molecule has 0 saturated carbocycles. The standard InChI is InChI=1S/C35H48O3S/c1-27-12-7-20-33(24-27)30(4)15-10-17-32(35-22-9-14-29(3)26-35)19-11-18-31(16-5-6-23-39(36,37)38)34-21-8-13-28(2)25-34/h7-9,12-14,20-22,24-26,30-32H,5-6,10-11,15-19,23H2,1-4H3,(H,36,37,38). The summed E-state index contributed by atoms with van der Waals surface area (Å²) in [4.78, 5) is 0. The minimum Gasteiger partial charge on any atom is -0.286 e. The fourth-order valence-corrected chi connectivity index (χ4v) is 6.47. The molecule has 0 aliphatic heterocycles. The van der Waals surface area contributed by atoms with E-state index in [1.54, 1.807) is 0 Å². The van der Waals surface area contributed by atoms with Gasteiger partial charge in [-0.2, -0.15) is 8.42 Å². The predicted octanol–water partition coefficient (Wildman–Crippen LogP) is 9.68. The maximum absolute atomic E-state index is 11.2. The van der Waals surface area contributed by atoms with Crippen LogP contribution in [0.3, 0.4) is 0 Å². The van der Waals surface area contributed by atoms with E-state index in [0.29, 0.717) is 24.2 Å². The summed E-state index contributed by atoms with van der Waals surface area (Å²) >= 11 is 0. The molecule has 0 spiro atoms. The molecule has 3 aromatic carbocycles. The van der Waals surface area contributed by atoms with Gasteiger partial charge in [0.15, 0.2) is 0 Å². The second-order valence-corrected chi connectivity index (χ2v) is 13.3. The van der Waals surface area contributed by atoms with Gasteiger partial charge in [0.2, 0.25) is 0 Å². The van der Waals surface area contributed by atoms with Crippen molar-refractivity contribution in [1.82, 2.24) is 0 Å². The molecule has 3 atom stereocenters. The number of rotatable bonds is 16. The fraction of sp³-hybridized carbons (Fsp3) is 0.486. The van der Waals surface area contributed by atoms with Crippen molar-refractivity contribution in [2.24, 2.45) is 0 Å². The van der Waals surface area contributed by atoms with E-state index in [0.717, 1.165) is 32.1 Å². The quantitative estimate of drug-likeness (QED) is 0.143. The average Bonchev–Trinajstić information content (AvgIpc) is 2.88. The van der Waals surface area contributed by atoms with Crippen LogP contribution in [0.5, 0.6) is 0 Å². The summed E-state index contributed by atoms with van der Waals surface area (Å²) in [5.74, 6) is 1.37. The highest BCUT2D eigenvalue weighted by Gasteiger charge is 2.17. The number of hydrogen-bond acceptors (Lipinski definition) is 2. The van der Waals surface area contributed by atoms with Gasteiger partial charge in [-0.05, 0) is 93.7 Å². The van der Waals surface area contributed by atoms with Crippen molar-refractivity contribution in [3.8, 4) is 0 Å². The summed E-state index contributed by atoms with van der Waals surface area (Å²) < 4.78 is 31.5. The van der Waals surface area contributed by atoms with Gasteiger partial charge in [-0.25, -0.2) is 0 Å². The maximum Gasteiger partial charge on any atom is 0.264 e. The van der Waals surface area contributed by atoms with E-state index in [2.05, 4.69) is 100 Å². The van der Waals surface area contributed by atoms with Gasteiger partial charge in [0, 0.05) is 0 Å². The van der Waals surface area contributed by atoms with Gasteiger partial charge in [0.25, 0.3) is 10.1 Å². The fourth-order valence-electron chi connectivity index (χ4n) is 5.90. The van der Waals surface area contributed by atoms with Crippen LogP contribution in [0.4, 0.5) is 0 Å². The Morgan fingerprint density at radius 3 is 1.46 bits per heavy atom. The lowest BCUT2D eigenvalue weighted by Gasteiger charge is -2.22. The van der Waals surface area contributed by atoms with E-state index < -0.39 is 10.1 Å². The van der Waals surface area contributed by atoms with Crippen molar-refractivity contribution in [1.29, 1.82) is 0 Å². The molecule has 0 saturated heterocycles. The van der Waals surface area contributed by atoms with Gasteiger partial charge in [-0.15, -0.1) is 0 Å². The van der Waals surface area contributed by atoms with Crippen LogP contribution in [0.25, 0.3) is 0 Å². The number of benzene rings is 3. The topological polar surface area (TPSA) is 54.4 Å². The van der Waals surface area contributed by atoms with Crippen molar-refractivity contribution >= 4 is 10.1 Å². The molecule has 1 N–H and O–H groups in total. The molecular weight excluding hydrogens is 500 g/mol. The average molecular weight is 549 g/mol. The Balaban J connectivity index is 1.62. The van der Waals surface area contributed by atoms with E-state index in [9.17, 15) is 8.42 Å². The predicted molar refractivity (Wildman–Crippen MR) is 165 cm³/mol. The molecule has 0 aromatic heterocycles. The summed E-state index contributed by atoms with van der Waals surface area (Å²) in [5, 5.41) is 0. The Morgan fingerprint density at radius 2 is 1.00 bits per heavy atom. The van der Waals surface area contributed by atoms with Crippen molar-refractivity contribution in [2.75, 3.05) is 5.75 Å². The number of hydrogen-bond donors (Lipinski definition) is 1. The van der Waals surface area contributed by atoms with Crippen molar-refractivity contribution in [3.63, 3.8) is 0 Å². The zero-order valence-electron chi connectivity index (χ0n) is 24.4. The first-order valence-corrected chi connectivity index (χ1v) is 16.4. The highest BCUT2D eigenvalue weighted by molar-refractivity contribution is 7.85. The molecule has 3 rings (SSSR count). The lowest BCUT2D eigenvalue weighted by Crippen LogP contribution is -2.06. The summed E-state index contributed by atoms with van der Waals surface area (Å²) in [6.07, 6.45) is 9.26. The van der Waals surface area contributed by atoms with Crippen LogP contribution >= 0.6 is 0 Å². The first kappa shape index (κ1) is 31.1. The maximum atomic E-state index is 11.2. The van der Waals surface area contributed by atoms with Gasteiger partial charge in [-0.3, -0.25) is 4.55 Å². The zero-order chi connectivity index (χ0) is 28.3. The second-order valence-electron chi connectivity index (χ2n) is 11.7. The van der Waals surface area contributed by atoms with Crippen LogP contribution in [0.1, 0.15) is 116 Å². The lowest BCUT2D eigenvalue weighted by atomic mass is 9.83. The van der Waals surface area contributed by atoms with E-state index in [-0.39, 0.29) is 5.75 Å².